The number of hydrogen-bond donors (Lipinski definition) is 1. The van der Waals surface area contributed by atoms with Crippen molar-refractivity contribution in [3.8, 4) is 0 Å². The third kappa shape index (κ3) is 1.57. The van der Waals surface area contributed by atoms with E-state index in [0.29, 0.717) is 13.2 Å². The van der Waals surface area contributed by atoms with E-state index in [1.807, 2.05) is 19.2 Å². The Bertz CT molecular complexity index is 314. The van der Waals surface area contributed by atoms with Crippen molar-refractivity contribution in [1.82, 2.24) is 5.32 Å². The summed E-state index contributed by atoms with van der Waals surface area (Å²) in [7, 11) is 1.92. The SMILES string of the molecule is CN[C@H]1COCc2cccc(Cl)c21. The molecule has 1 N–H and O–H groups in total. The van der Waals surface area contributed by atoms with Gasteiger partial charge in [0, 0.05) is 5.02 Å². The second-order valence-electron chi connectivity index (χ2n) is 3.17. The number of benzene rings is 1. The lowest BCUT2D eigenvalue weighted by molar-refractivity contribution is 0.0845. The fourth-order valence-corrected chi connectivity index (χ4v) is 2.02. The Hall–Kier alpha value is -0.570. The molecule has 0 unspecified atom stereocenters. The van der Waals surface area contributed by atoms with Crippen LogP contribution < -0.4 is 5.32 Å². The zero-order valence-corrected chi connectivity index (χ0v) is 8.27. The van der Waals surface area contributed by atoms with Gasteiger partial charge in [-0.25, -0.2) is 0 Å². The van der Waals surface area contributed by atoms with Gasteiger partial charge in [0.25, 0.3) is 0 Å². The molecule has 0 bridgehead atoms. The van der Waals surface area contributed by atoms with E-state index in [2.05, 4.69) is 11.4 Å². The van der Waals surface area contributed by atoms with E-state index in [-0.39, 0.29) is 6.04 Å². The summed E-state index contributed by atoms with van der Waals surface area (Å²) in [5, 5.41) is 4.02. The van der Waals surface area contributed by atoms with Crippen LogP contribution in [0.5, 0.6) is 0 Å². The zero-order valence-electron chi connectivity index (χ0n) is 7.51. The van der Waals surface area contributed by atoms with Gasteiger partial charge in [0.05, 0.1) is 19.3 Å². The first-order chi connectivity index (χ1) is 6.33. The Morgan fingerprint density at radius 3 is 3.15 bits per heavy atom. The fraction of sp³-hybridized carbons (Fsp3) is 0.400. The van der Waals surface area contributed by atoms with E-state index < -0.39 is 0 Å². The average Bonchev–Trinajstić information content (AvgIpc) is 2.17. The molecule has 1 atom stereocenters. The second-order valence-corrected chi connectivity index (χ2v) is 3.58. The Balaban J connectivity index is 2.47. The number of halogens is 1. The van der Waals surface area contributed by atoms with Gasteiger partial charge in [-0.05, 0) is 24.2 Å². The molecule has 0 spiro atoms. The monoisotopic (exact) mass is 197 g/mol. The lowest BCUT2D eigenvalue weighted by Crippen LogP contribution is -2.27. The minimum Gasteiger partial charge on any atom is -0.375 e. The predicted octanol–water partition coefficient (Wildman–Crippen LogP) is 2.13. The Morgan fingerprint density at radius 1 is 1.54 bits per heavy atom. The Labute approximate surface area is 82.9 Å². The topological polar surface area (TPSA) is 21.3 Å². The molecule has 0 saturated heterocycles. The third-order valence-electron chi connectivity index (χ3n) is 2.38. The molecule has 13 heavy (non-hydrogen) atoms. The summed E-state index contributed by atoms with van der Waals surface area (Å²) < 4.78 is 5.43. The molecule has 2 rings (SSSR count). The predicted molar refractivity (Wildman–Crippen MR) is 52.9 cm³/mol. The molecule has 0 saturated carbocycles. The minimum absolute atomic E-state index is 0.234. The maximum atomic E-state index is 6.12. The molecule has 1 aromatic rings. The van der Waals surface area contributed by atoms with Crippen molar-refractivity contribution in [2.75, 3.05) is 13.7 Å². The van der Waals surface area contributed by atoms with Crippen LogP contribution >= 0.6 is 11.6 Å². The molecule has 70 valence electrons. The van der Waals surface area contributed by atoms with Crippen molar-refractivity contribution in [2.45, 2.75) is 12.6 Å². The summed E-state index contributed by atoms with van der Waals surface area (Å²) in [6.45, 7) is 1.38. The molecule has 0 amide bonds. The highest BCUT2D eigenvalue weighted by atomic mass is 35.5. The second kappa shape index (κ2) is 3.66. The molecule has 1 heterocycles. The highest BCUT2D eigenvalue weighted by Gasteiger charge is 2.21. The quantitative estimate of drug-likeness (QED) is 0.745. The summed E-state index contributed by atoms with van der Waals surface area (Å²) >= 11 is 6.12. The first-order valence-electron chi connectivity index (χ1n) is 4.35. The van der Waals surface area contributed by atoms with Crippen LogP contribution in [-0.4, -0.2) is 13.7 Å². The van der Waals surface area contributed by atoms with E-state index in [1.165, 1.54) is 11.1 Å². The van der Waals surface area contributed by atoms with Crippen LogP contribution in [0.4, 0.5) is 0 Å². The summed E-state index contributed by atoms with van der Waals surface area (Å²) in [5.41, 5.74) is 2.39. The van der Waals surface area contributed by atoms with Gasteiger partial charge in [0.2, 0.25) is 0 Å². The van der Waals surface area contributed by atoms with Gasteiger partial charge >= 0.3 is 0 Å². The van der Waals surface area contributed by atoms with Crippen molar-refractivity contribution >= 4 is 11.6 Å². The van der Waals surface area contributed by atoms with Gasteiger partial charge in [0.15, 0.2) is 0 Å². The van der Waals surface area contributed by atoms with E-state index in [0.717, 1.165) is 5.02 Å². The summed E-state index contributed by atoms with van der Waals surface area (Å²) in [4.78, 5) is 0. The highest BCUT2D eigenvalue weighted by molar-refractivity contribution is 6.31. The highest BCUT2D eigenvalue weighted by Crippen LogP contribution is 2.30. The molecular weight excluding hydrogens is 186 g/mol. The number of nitrogens with one attached hydrogen (secondary N) is 1. The maximum Gasteiger partial charge on any atom is 0.0721 e. The summed E-state index contributed by atoms with van der Waals surface area (Å²) in [6, 6.07) is 6.18. The van der Waals surface area contributed by atoms with Gasteiger partial charge in [-0.15, -0.1) is 0 Å². The fourth-order valence-electron chi connectivity index (χ4n) is 1.70. The number of hydrogen-bond acceptors (Lipinski definition) is 2. The largest absolute Gasteiger partial charge is 0.375 e. The van der Waals surface area contributed by atoms with Crippen LogP contribution in [0.3, 0.4) is 0 Å². The van der Waals surface area contributed by atoms with Gasteiger partial charge in [-0.1, -0.05) is 23.7 Å². The zero-order chi connectivity index (χ0) is 9.26. The number of rotatable bonds is 1. The van der Waals surface area contributed by atoms with Crippen LogP contribution in [0.1, 0.15) is 17.2 Å². The number of ether oxygens (including phenoxy) is 1. The maximum absolute atomic E-state index is 6.12. The van der Waals surface area contributed by atoms with Gasteiger partial charge in [-0.3, -0.25) is 0 Å². The van der Waals surface area contributed by atoms with Crippen LogP contribution in [0.15, 0.2) is 18.2 Å². The molecule has 0 aliphatic carbocycles. The molecule has 2 nitrogen and oxygen atoms in total. The third-order valence-corrected chi connectivity index (χ3v) is 2.71. The molecule has 1 aliphatic heterocycles. The molecule has 3 heteroatoms. The molecule has 1 aromatic carbocycles. The molecule has 0 radical (unpaired) electrons. The van der Waals surface area contributed by atoms with Gasteiger partial charge < -0.3 is 10.1 Å². The van der Waals surface area contributed by atoms with Crippen molar-refractivity contribution in [2.24, 2.45) is 0 Å². The number of likely N-dealkylation sites (N-methyl/N-ethyl adjacent to an activating group) is 1. The van der Waals surface area contributed by atoms with Crippen LogP contribution in [-0.2, 0) is 11.3 Å². The van der Waals surface area contributed by atoms with E-state index >= 15 is 0 Å². The van der Waals surface area contributed by atoms with Gasteiger partial charge in [-0.2, -0.15) is 0 Å². The molecule has 0 fully saturated rings. The lowest BCUT2D eigenvalue weighted by Gasteiger charge is -2.26. The standard InChI is InChI=1S/C10H12ClNO/c1-12-9-6-13-5-7-3-2-4-8(11)10(7)9/h2-4,9,12H,5-6H2,1H3/t9-/m0/s1. The molecular formula is C10H12ClNO. The van der Waals surface area contributed by atoms with Crippen LogP contribution in [0.25, 0.3) is 0 Å². The first kappa shape index (κ1) is 9.00. The Kier molecular flexibility index (Phi) is 2.54. The van der Waals surface area contributed by atoms with E-state index in [4.69, 9.17) is 16.3 Å². The number of fused-ring (bicyclic) bond motifs is 1. The van der Waals surface area contributed by atoms with Crippen molar-refractivity contribution < 1.29 is 4.74 Å². The van der Waals surface area contributed by atoms with E-state index in [9.17, 15) is 0 Å². The summed E-state index contributed by atoms with van der Waals surface area (Å²) in [6.07, 6.45) is 0. The molecule has 1 aliphatic rings. The van der Waals surface area contributed by atoms with Crippen molar-refractivity contribution in [3.63, 3.8) is 0 Å². The smallest absolute Gasteiger partial charge is 0.0721 e. The van der Waals surface area contributed by atoms with Crippen molar-refractivity contribution in [1.29, 1.82) is 0 Å². The minimum atomic E-state index is 0.234. The Morgan fingerprint density at radius 2 is 2.38 bits per heavy atom. The van der Waals surface area contributed by atoms with Crippen LogP contribution in [0, 0.1) is 0 Å². The van der Waals surface area contributed by atoms with Gasteiger partial charge in [0.1, 0.15) is 0 Å². The summed E-state index contributed by atoms with van der Waals surface area (Å²) in [5.74, 6) is 0. The normalized spacial score (nSPS) is 21.2. The average molecular weight is 198 g/mol. The lowest BCUT2D eigenvalue weighted by atomic mass is 9.99. The van der Waals surface area contributed by atoms with Crippen LogP contribution in [0.2, 0.25) is 5.02 Å². The first-order valence-corrected chi connectivity index (χ1v) is 4.73. The van der Waals surface area contributed by atoms with Crippen molar-refractivity contribution in [3.05, 3.63) is 34.3 Å². The van der Waals surface area contributed by atoms with E-state index in [1.54, 1.807) is 0 Å². The molecule has 0 aromatic heterocycles.